The molecule has 7 nitrogen and oxygen atoms in total. The van der Waals surface area contributed by atoms with Crippen LogP contribution in [0, 0.1) is 12.8 Å². The average molecular weight is 474 g/mol. The Morgan fingerprint density at radius 3 is 2.59 bits per heavy atom. The van der Waals surface area contributed by atoms with Gasteiger partial charge >= 0.3 is 4.87 Å². The molecule has 0 saturated carbocycles. The van der Waals surface area contributed by atoms with Gasteiger partial charge in [0.25, 0.3) is 0 Å². The van der Waals surface area contributed by atoms with Crippen LogP contribution in [-0.2, 0) is 27.9 Å². The zero-order chi connectivity index (χ0) is 22.9. The molecule has 2 aromatic carbocycles. The van der Waals surface area contributed by atoms with E-state index in [1.807, 2.05) is 38.1 Å². The molecule has 1 N–H and O–H groups in total. The number of carbonyl (C=O) groups is 1. The maximum atomic E-state index is 13.2. The highest BCUT2D eigenvalue weighted by molar-refractivity contribution is 7.89. The first-order valence-corrected chi connectivity index (χ1v) is 13.0. The van der Waals surface area contributed by atoms with Crippen molar-refractivity contribution in [1.82, 2.24) is 14.2 Å². The predicted octanol–water partition coefficient (Wildman–Crippen LogP) is 3.11. The lowest BCUT2D eigenvalue weighted by atomic mass is 9.97. The summed E-state index contributed by atoms with van der Waals surface area (Å²) in [7, 11) is -3.68. The Kier molecular flexibility index (Phi) is 6.50. The van der Waals surface area contributed by atoms with E-state index < -0.39 is 10.0 Å². The molecule has 1 fully saturated rings. The molecule has 2 heterocycles. The van der Waals surface area contributed by atoms with Crippen molar-refractivity contribution in [3.8, 4) is 0 Å². The van der Waals surface area contributed by atoms with Crippen LogP contribution in [0.25, 0.3) is 10.2 Å². The van der Waals surface area contributed by atoms with Crippen LogP contribution in [0.5, 0.6) is 0 Å². The quantitative estimate of drug-likeness (QED) is 0.596. The number of thiazole rings is 1. The number of fused-ring (bicyclic) bond motifs is 1. The fourth-order valence-corrected chi connectivity index (χ4v) is 6.74. The number of rotatable bonds is 6. The highest BCUT2D eigenvalue weighted by Gasteiger charge is 2.32. The number of benzene rings is 2. The smallest absolute Gasteiger partial charge is 0.308 e. The van der Waals surface area contributed by atoms with Gasteiger partial charge < -0.3 is 5.32 Å². The third-order valence-corrected chi connectivity index (χ3v) is 8.80. The van der Waals surface area contributed by atoms with Gasteiger partial charge in [-0.2, -0.15) is 4.31 Å². The minimum absolute atomic E-state index is 0.0318. The molecule has 0 spiro atoms. The average Bonchev–Trinajstić information content (AvgIpc) is 3.11. The van der Waals surface area contributed by atoms with Crippen LogP contribution in [0.15, 0.2) is 52.2 Å². The summed E-state index contributed by atoms with van der Waals surface area (Å²) in [4.78, 5) is 24.8. The summed E-state index contributed by atoms with van der Waals surface area (Å²) in [5.41, 5.74) is 2.95. The number of nitrogens with zero attached hydrogens (tertiary/aromatic N) is 2. The van der Waals surface area contributed by atoms with Gasteiger partial charge in [0.05, 0.1) is 15.1 Å². The molecule has 4 rings (SSSR count). The second-order valence-corrected chi connectivity index (χ2v) is 11.1. The first kappa shape index (κ1) is 22.7. The summed E-state index contributed by atoms with van der Waals surface area (Å²) in [6, 6.07) is 12.9. The summed E-state index contributed by atoms with van der Waals surface area (Å²) in [6.07, 6.45) is 0.974. The molecule has 1 aliphatic heterocycles. The molecule has 9 heteroatoms. The standard InChI is InChI=1S/C23H27N3O4S2/c1-3-26-20-8-7-19(14-21(20)31-23(26)28)32(29,30)25-11-9-18(10-12-25)22(27)24-15-17-6-4-5-16(2)13-17/h4-8,13-14,18H,3,9-12,15H2,1-2H3,(H,24,27). The molecule has 0 atom stereocenters. The summed E-state index contributed by atoms with van der Waals surface area (Å²) >= 11 is 1.06. The highest BCUT2D eigenvalue weighted by atomic mass is 32.2. The molecule has 1 aliphatic rings. The third kappa shape index (κ3) is 4.51. The topological polar surface area (TPSA) is 88.5 Å². The van der Waals surface area contributed by atoms with E-state index in [4.69, 9.17) is 0 Å². The van der Waals surface area contributed by atoms with E-state index >= 15 is 0 Å². The summed E-state index contributed by atoms with van der Waals surface area (Å²) < 4.78 is 30.1. The number of hydrogen-bond acceptors (Lipinski definition) is 5. The number of aryl methyl sites for hydroxylation is 2. The summed E-state index contributed by atoms with van der Waals surface area (Å²) in [5, 5.41) is 2.98. The molecular weight excluding hydrogens is 446 g/mol. The van der Waals surface area contributed by atoms with Crippen LogP contribution in [0.3, 0.4) is 0 Å². The molecule has 1 aromatic heterocycles. The van der Waals surface area contributed by atoms with Gasteiger partial charge in [0.15, 0.2) is 0 Å². The highest BCUT2D eigenvalue weighted by Crippen LogP contribution is 2.27. The number of aromatic nitrogens is 1. The first-order valence-electron chi connectivity index (χ1n) is 10.8. The van der Waals surface area contributed by atoms with E-state index in [0.717, 1.165) is 28.0 Å². The Bertz CT molecular complexity index is 1300. The number of carbonyl (C=O) groups excluding carboxylic acids is 1. The van der Waals surface area contributed by atoms with Gasteiger partial charge in [-0.25, -0.2) is 8.42 Å². The minimum atomic E-state index is -3.68. The number of amides is 1. The molecule has 3 aromatic rings. The van der Waals surface area contributed by atoms with Crippen LogP contribution in [0.1, 0.15) is 30.9 Å². The molecule has 0 bridgehead atoms. The van der Waals surface area contributed by atoms with Gasteiger partial charge in [-0.1, -0.05) is 41.2 Å². The van der Waals surface area contributed by atoms with Gasteiger partial charge in [-0.3, -0.25) is 14.2 Å². The molecule has 170 valence electrons. The predicted molar refractivity (Wildman–Crippen MR) is 126 cm³/mol. The molecule has 1 saturated heterocycles. The molecule has 1 amide bonds. The van der Waals surface area contributed by atoms with Crippen LogP contribution < -0.4 is 10.2 Å². The fourth-order valence-electron chi connectivity index (χ4n) is 4.17. The number of hydrogen-bond donors (Lipinski definition) is 1. The maximum absolute atomic E-state index is 13.2. The van der Waals surface area contributed by atoms with Crippen molar-refractivity contribution < 1.29 is 13.2 Å². The van der Waals surface area contributed by atoms with Crippen molar-refractivity contribution >= 4 is 37.5 Å². The van der Waals surface area contributed by atoms with Crippen LogP contribution in [0.2, 0.25) is 0 Å². The second kappa shape index (κ2) is 9.17. The molecule has 0 unspecified atom stereocenters. The lowest BCUT2D eigenvalue weighted by Gasteiger charge is -2.30. The summed E-state index contributed by atoms with van der Waals surface area (Å²) in [5.74, 6) is -0.228. The van der Waals surface area contributed by atoms with Crippen LogP contribution in [-0.4, -0.2) is 36.3 Å². The molecule has 32 heavy (non-hydrogen) atoms. The Labute approximate surface area is 191 Å². The third-order valence-electron chi connectivity index (χ3n) is 5.97. The van der Waals surface area contributed by atoms with Crippen LogP contribution >= 0.6 is 11.3 Å². The zero-order valence-corrected chi connectivity index (χ0v) is 19.8. The minimum Gasteiger partial charge on any atom is -0.352 e. The van der Waals surface area contributed by atoms with E-state index in [9.17, 15) is 18.0 Å². The van der Waals surface area contributed by atoms with E-state index in [2.05, 4.69) is 5.32 Å². The fraction of sp³-hybridized carbons (Fsp3) is 0.391. The Morgan fingerprint density at radius 2 is 1.91 bits per heavy atom. The largest absolute Gasteiger partial charge is 0.352 e. The van der Waals surface area contributed by atoms with Crippen molar-refractivity contribution in [1.29, 1.82) is 0 Å². The Morgan fingerprint density at radius 1 is 1.16 bits per heavy atom. The van der Waals surface area contributed by atoms with Crippen molar-refractivity contribution in [2.24, 2.45) is 5.92 Å². The van der Waals surface area contributed by atoms with Gasteiger partial charge in [-0.15, -0.1) is 0 Å². The second-order valence-electron chi connectivity index (χ2n) is 8.13. The van der Waals surface area contributed by atoms with Gasteiger partial charge in [-0.05, 0) is 50.5 Å². The number of piperidine rings is 1. The van der Waals surface area contributed by atoms with Crippen LogP contribution in [0.4, 0.5) is 0 Å². The van der Waals surface area contributed by atoms with Crippen molar-refractivity contribution in [3.05, 3.63) is 63.3 Å². The monoisotopic (exact) mass is 473 g/mol. The van der Waals surface area contributed by atoms with E-state index in [1.165, 1.54) is 4.31 Å². The van der Waals surface area contributed by atoms with Crippen molar-refractivity contribution in [3.63, 3.8) is 0 Å². The van der Waals surface area contributed by atoms with Gasteiger partial charge in [0, 0.05) is 32.1 Å². The van der Waals surface area contributed by atoms with E-state index in [0.29, 0.717) is 43.7 Å². The lowest BCUT2D eigenvalue weighted by Crippen LogP contribution is -2.42. The van der Waals surface area contributed by atoms with Gasteiger partial charge in [0.2, 0.25) is 15.9 Å². The summed E-state index contributed by atoms with van der Waals surface area (Å²) in [6.45, 7) is 5.52. The lowest BCUT2D eigenvalue weighted by molar-refractivity contribution is -0.126. The molecule has 0 radical (unpaired) electrons. The molecular formula is C23H27N3O4S2. The number of sulfonamides is 1. The Balaban J connectivity index is 1.40. The normalized spacial score (nSPS) is 15.8. The SMILES string of the molecule is CCn1c(=O)sc2cc(S(=O)(=O)N3CCC(C(=O)NCc4cccc(C)c4)CC3)ccc21. The Hall–Kier alpha value is -2.49. The zero-order valence-electron chi connectivity index (χ0n) is 18.2. The van der Waals surface area contributed by atoms with Crippen molar-refractivity contribution in [2.45, 2.75) is 44.7 Å². The van der Waals surface area contributed by atoms with Gasteiger partial charge in [0.1, 0.15) is 0 Å². The van der Waals surface area contributed by atoms with E-state index in [-0.39, 0.29) is 21.6 Å². The number of nitrogens with one attached hydrogen (secondary N) is 1. The first-order chi connectivity index (χ1) is 15.3. The van der Waals surface area contributed by atoms with Crippen molar-refractivity contribution in [2.75, 3.05) is 13.1 Å². The van der Waals surface area contributed by atoms with E-state index in [1.54, 1.807) is 22.8 Å². The maximum Gasteiger partial charge on any atom is 0.308 e. The molecule has 0 aliphatic carbocycles.